The van der Waals surface area contributed by atoms with E-state index in [1.807, 2.05) is 53.4 Å². The number of ether oxygens (including phenoxy) is 4. The van der Waals surface area contributed by atoms with Crippen LogP contribution in [0, 0.1) is 5.41 Å². The predicted octanol–water partition coefficient (Wildman–Crippen LogP) is 5.19. The average Bonchev–Trinajstić information content (AvgIpc) is 3.33. The summed E-state index contributed by atoms with van der Waals surface area (Å²) in [7, 11) is 3.24. The lowest BCUT2D eigenvalue weighted by molar-refractivity contribution is -0.126. The minimum absolute atomic E-state index is 0.0988. The Hall–Kier alpha value is -3.75. The van der Waals surface area contributed by atoms with Gasteiger partial charge in [-0.05, 0) is 60.4 Å². The Kier molecular flexibility index (Phi) is 8.77. The van der Waals surface area contributed by atoms with Crippen molar-refractivity contribution < 1.29 is 23.7 Å². The summed E-state index contributed by atoms with van der Waals surface area (Å²) >= 11 is 6.72. The van der Waals surface area contributed by atoms with E-state index in [0.29, 0.717) is 23.6 Å². The maximum absolute atomic E-state index is 13.5. The quantitative estimate of drug-likeness (QED) is 0.342. The molecule has 3 fully saturated rings. The summed E-state index contributed by atoms with van der Waals surface area (Å²) in [5.41, 5.74) is 2.15. The van der Waals surface area contributed by atoms with Crippen LogP contribution in [0.15, 0.2) is 60.7 Å². The van der Waals surface area contributed by atoms with Crippen molar-refractivity contribution in [1.29, 1.82) is 5.41 Å². The Morgan fingerprint density at radius 2 is 1.43 bits per heavy atom. The van der Waals surface area contributed by atoms with Crippen molar-refractivity contribution in [2.75, 3.05) is 40.4 Å². The Morgan fingerprint density at radius 1 is 0.850 bits per heavy atom. The van der Waals surface area contributed by atoms with Crippen molar-refractivity contribution in [3.63, 3.8) is 0 Å². The maximum atomic E-state index is 13.5. The molecule has 210 valence electrons. The van der Waals surface area contributed by atoms with E-state index in [2.05, 4.69) is 4.90 Å². The number of carbonyl (C=O) groups is 1. The third kappa shape index (κ3) is 6.35. The summed E-state index contributed by atoms with van der Waals surface area (Å²) in [6, 6.07) is 18.6. The SMILES string of the molecule is COc1ccc(COc2cc(C(=N)C(=O)N3CCN4CCC3CC4)cc(Cl)c2OCc2ccc(OC)cc2)cc1. The second-order valence-electron chi connectivity index (χ2n) is 10.0. The highest BCUT2D eigenvalue weighted by Crippen LogP contribution is 2.38. The topological polar surface area (TPSA) is 84.3 Å². The summed E-state index contributed by atoms with van der Waals surface area (Å²) in [6.45, 7) is 3.96. The van der Waals surface area contributed by atoms with Gasteiger partial charge >= 0.3 is 0 Å². The van der Waals surface area contributed by atoms with E-state index in [1.165, 1.54) is 0 Å². The van der Waals surface area contributed by atoms with E-state index in [-0.39, 0.29) is 35.9 Å². The van der Waals surface area contributed by atoms with Crippen LogP contribution in [-0.4, -0.2) is 67.9 Å². The van der Waals surface area contributed by atoms with Crippen LogP contribution in [0.1, 0.15) is 29.5 Å². The molecule has 6 rings (SSSR count). The Balaban J connectivity index is 1.39. The van der Waals surface area contributed by atoms with E-state index in [1.54, 1.807) is 26.4 Å². The minimum Gasteiger partial charge on any atom is -0.497 e. The first-order valence-corrected chi connectivity index (χ1v) is 13.8. The lowest BCUT2D eigenvalue weighted by atomic mass is 10.0. The Labute approximate surface area is 239 Å². The summed E-state index contributed by atoms with van der Waals surface area (Å²) in [5.74, 6) is 1.96. The molecule has 0 radical (unpaired) electrons. The molecule has 0 saturated carbocycles. The number of amides is 1. The van der Waals surface area contributed by atoms with E-state index >= 15 is 0 Å². The summed E-state index contributed by atoms with van der Waals surface area (Å²) < 4.78 is 22.8. The number of hydrogen-bond acceptors (Lipinski definition) is 7. The van der Waals surface area contributed by atoms with Gasteiger partial charge in [0, 0.05) is 37.8 Å². The van der Waals surface area contributed by atoms with Crippen molar-refractivity contribution in [1.82, 2.24) is 9.80 Å². The molecule has 0 unspecified atom stereocenters. The van der Waals surface area contributed by atoms with E-state index in [0.717, 1.165) is 55.1 Å². The molecule has 0 spiro atoms. The van der Waals surface area contributed by atoms with E-state index in [9.17, 15) is 4.79 Å². The number of nitrogens with one attached hydrogen (secondary N) is 1. The van der Waals surface area contributed by atoms with Gasteiger partial charge in [-0.3, -0.25) is 10.2 Å². The van der Waals surface area contributed by atoms with Crippen LogP contribution in [0.2, 0.25) is 5.02 Å². The van der Waals surface area contributed by atoms with Gasteiger partial charge < -0.3 is 28.7 Å². The van der Waals surface area contributed by atoms with Crippen LogP contribution in [-0.2, 0) is 18.0 Å². The molecule has 0 aromatic heterocycles. The van der Waals surface area contributed by atoms with Gasteiger partial charge in [0.25, 0.3) is 5.91 Å². The number of fused-ring (bicyclic) bond motifs is 4. The lowest BCUT2D eigenvalue weighted by Gasteiger charge is -2.31. The summed E-state index contributed by atoms with van der Waals surface area (Å²) in [6.07, 6.45) is 1.88. The van der Waals surface area contributed by atoms with Crippen molar-refractivity contribution >= 4 is 23.2 Å². The van der Waals surface area contributed by atoms with Crippen molar-refractivity contribution in [3.05, 3.63) is 82.4 Å². The number of methoxy groups -OCH3 is 2. The summed E-state index contributed by atoms with van der Waals surface area (Å²) in [5, 5.41) is 9.09. The van der Waals surface area contributed by atoms with Gasteiger partial charge in [-0.25, -0.2) is 0 Å². The third-order valence-corrected chi connectivity index (χ3v) is 7.80. The van der Waals surface area contributed by atoms with Crippen LogP contribution in [0.5, 0.6) is 23.0 Å². The third-order valence-electron chi connectivity index (χ3n) is 7.52. The Morgan fingerprint density at radius 3 is 2.00 bits per heavy atom. The monoisotopic (exact) mass is 563 g/mol. The van der Waals surface area contributed by atoms with Crippen molar-refractivity contribution in [2.45, 2.75) is 32.1 Å². The average molecular weight is 564 g/mol. The molecule has 3 saturated heterocycles. The minimum atomic E-state index is -0.280. The van der Waals surface area contributed by atoms with Gasteiger partial charge in [0.1, 0.15) is 30.4 Å². The first-order chi connectivity index (χ1) is 19.4. The lowest BCUT2D eigenvalue weighted by Crippen LogP contribution is -2.44. The van der Waals surface area contributed by atoms with E-state index in [4.69, 9.17) is 36.0 Å². The number of nitrogens with zero attached hydrogens (tertiary/aromatic N) is 2. The molecule has 3 aromatic carbocycles. The van der Waals surface area contributed by atoms with Crippen LogP contribution < -0.4 is 18.9 Å². The van der Waals surface area contributed by atoms with Gasteiger partial charge in [0.15, 0.2) is 11.5 Å². The number of halogens is 1. The van der Waals surface area contributed by atoms with Crippen LogP contribution in [0.3, 0.4) is 0 Å². The zero-order valence-corrected chi connectivity index (χ0v) is 23.6. The van der Waals surface area contributed by atoms with Crippen LogP contribution in [0.4, 0.5) is 0 Å². The second-order valence-corrected chi connectivity index (χ2v) is 10.4. The zero-order valence-electron chi connectivity index (χ0n) is 22.8. The molecule has 3 aliphatic heterocycles. The van der Waals surface area contributed by atoms with Crippen molar-refractivity contribution in [2.24, 2.45) is 0 Å². The van der Waals surface area contributed by atoms with E-state index < -0.39 is 0 Å². The highest BCUT2D eigenvalue weighted by molar-refractivity contribution is 6.44. The zero-order chi connectivity index (χ0) is 28.1. The number of piperidine rings is 1. The molecular formula is C31H34ClN3O5. The molecule has 1 amide bonds. The fraction of sp³-hybridized carbons (Fsp3) is 0.355. The Bertz CT molecular complexity index is 1340. The molecule has 3 heterocycles. The highest BCUT2D eigenvalue weighted by Gasteiger charge is 2.34. The first kappa shape index (κ1) is 27.8. The second kappa shape index (κ2) is 12.6. The normalized spacial score (nSPS) is 18.1. The predicted molar refractivity (Wildman–Crippen MR) is 154 cm³/mol. The van der Waals surface area contributed by atoms with Gasteiger partial charge in [-0.1, -0.05) is 35.9 Å². The molecule has 3 aliphatic rings. The smallest absolute Gasteiger partial charge is 0.272 e. The molecule has 2 bridgehead atoms. The van der Waals surface area contributed by atoms with Gasteiger partial charge in [0.2, 0.25) is 0 Å². The van der Waals surface area contributed by atoms with Gasteiger partial charge in [-0.2, -0.15) is 0 Å². The number of hydrogen-bond donors (Lipinski definition) is 1. The van der Waals surface area contributed by atoms with Crippen LogP contribution in [0.25, 0.3) is 0 Å². The molecular weight excluding hydrogens is 530 g/mol. The molecule has 0 aliphatic carbocycles. The molecule has 9 heteroatoms. The molecule has 0 atom stereocenters. The fourth-order valence-corrected chi connectivity index (χ4v) is 5.41. The first-order valence-electron chi connectivity index (χ1n) is 13.4. The van der Waals surface area contributed by atoms with Crippen LogP contribution >= 0.6 is 11.6 Å². The highest BCUT2D eigenvalue weighted by atomic mass is 35.5. The maximum Gasteiger partial charge on any atom is 0.272 e. The largest absolute Gasteiger partial charge is 0.497 e. The molecule has 1 N–H and O–H groups in total. The molecule has 3 aromatic rings. The number of benzene rings is 3. The number of rotatable bonds is 10. The fourth-order valence-electron chi connectivity index (χ4n) is 5.14. The van der Waals surface area contributed by atoms with Crippen molar-refractivity contribution in [3.8, 4) is 23.0 Å². The number of carbonyl (C=O) groups excluding carboxylic acids is 1. The van der Waals surface area contributed by atoms with Gasteiger partial charge in [0.05, 0.1) is 19.2 Å². The summed E-state index contributed by atoms with van der Waals surface area (Å²) in [4.78, 5) is 17.7. The molecule has 8 nitrogen and oxygen atoms in total. The van der Waals surface area contributed by atoms with Gasteiger partial charge in [-0.15, -0.1) is 0 Å². The standard InChI is InChI=1S/C31H34ClN3O5/c1-37-25-7-3-21(4-8-25)19-39-28-18-23(29(33)31(36)35-16-15-34-13-11-24(35)12-14-34)17-27(32)30(28)40-20-22-5-9-26(38-2)10-6-22/h3-10,17-18,24,33H,11-16,19-20H2,1-2H3. The molecule has 40 heavy (non-hydrogen) atoms.